The topological polar surface area (TPSA) is 45.5 Å². The lowest BCUT2D eigenvalue weighted by Crippen LogP contribution is -2.39. The van der Waals surface area contributed by atoms with Crippen molar-refractivity contribution in [2.75, 3.05) is 12.4 Å². The smallest absolute Gasteiger partial charge is 0.418 e. The van der Waals surface area contributed by atoms with Crippen molar-refractivity contribution in [2.45, 2.75) is 25.7 Å². The van der Waals surface area contributed by atoms with E-state index >= 15 is 0 Å². The number of alkyl halides is 3. The fourth-order valence-corrected chi connectivity index (χ4v) is 2.25. The summed E-state index contributed by atoms with van der Waals surface area (Å²) in [7, 11) is 1.68. The van der Waals surface area contributed by atoms with Gasteiger partial charge in [0.1, 0.15) is 5.76 Å². The number of carbonyl (C=O) groups excluding carboxylic acids is 1. The van der Waals surface area contributed by atoms with Gasteiger partial charge in [-0.3, -0.25) is 9.69 Å². The number of likely N-dealkylation sites (N-methyl/N-ethyl adjacent to an activating group) is 1. The molecule has 1 atom stereocenters. The second-order valence-electron chi connectivity index (χ2n) is 5.35. The Morgan fingerprint density at radius 2 is 2.08 bits per heavy atom. The molecule has 1 amide bonds. The molecule has 4 nitrogen and oxygen atoms in total. The van der Waals surface area contributed by atoms with Crippen molar-refractivity contribution in [2.24, 2.45) is 0 Å². The van der Waals surface area contributed by atoms with E-state index in [0.717, 1.165) is 12.1 Å². The zero-order valence-corrected chi connectivity index (χ0v) is 13.8. The Kier molecular flexibility index (Phi) is 5.56. The largest absolute Gasteiger partial charge is 0.468 e. The number of benzene rings is 1. The van der Waals surface area contributed by atoms with Crippen LogP contribution in [0.5, 0.6) is 0 Å². The standard InChI is InChI=1S/C16H16ClF3N2O2/c1-10(22(2)9-12-4-3-7-24-12)15(23)21-14-6-5-11(17)8-13(14)16(18,19)20/h3-8,10H,9H2,1-2H3,(H,21,23). The third-order valence-corrected chi connectivity index (χ3v) is 3.81. The molecule has 2 aromatic rings. The van der Waals surface area contributed by atoms with Crippen LogP contribution in [-0.2, 0) is 17.5 Å². The summed E-state index contributed by atoms with van der Waals surface area (Å²) < 4.78 is 44.4. The monoisotopic (exact) mass is 360 g/mol. The molecule has 0 saturated heterocycles. The van der Waals surface area contributed by atoms with Gasteiger partial charge in [0.05, 0.1) is 30.1 Å². The summed E-state index contributed by atoms with van der Waals surface area (Å²) in [5.41, 5.74) is -1.31. The highest BCUT2D eigenvalue weighted by Crippen LogP contribution is 2.36. The molecular formula is C16H16ClF3N2O2. The number of hydrogen-bond acceptors (Lipinski definition) is 3. The number of amides is 1. The number of furan rings is 1. The third-order valence-electron chi connectivity index (χ3n) is 3.57. The molecule has 1 aromatic carbocycles. The second kappa shape index (κ2) is 7.27. The van der Waals surface area contributed by atoms with Crippen LogP contribution >= 0.6 is 11.6 Å². The van der Waals surface area contributed by atoms with Crippen LogP contribution in [-0.4, -0.2) is 23.9 Å². The van der Waals surface area contributed by atoms with Crippen molar-refractivity contribution < 1.29 is 22.4 Å². The molecule has 0 aliphatic rings. The first-order valence-corrected chi connectivity index (χ1v) is 7.46. The zero-order chi connectivity index (χ0) is 17.9. The van der Waals surface area contributed by atoms with Crippen molar-refractivity contribution in [3.05, 3.63) is 52.9 Å². The molecule has 0 radical (unpaired) electrons. The summed E-state index contributed by atoms with van der Waals surface area (Å²) >= 11 is 5.62. The number of hydrogen-bond donors (Lipinski definition) is 1. The molecule has 0 fully saturated rings. The molecule has 0 aliphatic carbocycles. The van der Waals surface area contributed by atoms with Crippen LogP contribution in [0.2, 0.25) is 5.02 Å². The Morgan fingerprint density at radius 3 is 2.67 bits per heavy atom. The highest BCUT2D eigenvalue weighted by molar-refractivity contribution is 6.30. The van der Waals surface area contributed by atoms with Gasteiger partial charge in [0.15, 0.2) is 0 Å². The van der Waals surface area contributed by atoms with Gasteiger partial charge in [0.25, 0.3) is 0 Å². The minimum absolute atomic E-state index is 0.0525. The minimum atomic E-state index is -4.61. The number of anilines is 1. The van der Waals surface area contributed by atoms with Gasteiger partial charge in [-0.05, 0) is 44.3 Å². The predicted molar refractivity (Wildman–Crippen MR) is 84.7 cm³/mol. The van der Waals surface area contributed by atoms with Gasteiger partial charge in [0, 0.05) is 5.02 Å². The number of halogens is 4. The molecule has 8 heteroatoms. The number of nitrogens with zero attached hydrogens (tertiary/aromatic N) is 1. The zero-order valence-electron chi connectivity index (χ0n) is 13.0. The molecule has 2 rings (SSSR count). The molecule has 0 spiro atoms. The molecule has 0 aliphatic heterocycles. The van der Waals surface area contributed by atoms with Crippen molar-refractivity contribution in [1.82, 2.24) is 4.90 Å². The molecule has 1 heterocycles. The quantitative estimate of drug-likeness (QED) is 0.859. The first kappa shape index (κ1) is 18.4. The van der Waals surface area contributed by atoms with Crippen LogP contribution in [0.15, 0.2) is 41.0 Å². The molecular weight excluding hydrogens is 345 g/mol. The van der Waals surface area contributed by atoms with Gasteiger partial charge >= 0.3 is 6.18 Å². The lowest BCUT2D eigenvalue weighted by Gasteiger charge is -2.23. The van der Waals surface area contributed by atoms with Gasteiger partial charge in [-0.1, -0.05) is 11.6 Å². The Bertz CT molecular complexity index is 702. The molecule has 0 saturated carbocycles. The molecule has 24 heavy (non-hydrogen) atoms. The molecule has 130 valence electrons. The van der Waals surface area contributed by atoms with Gasteiger partial charge in [-0.2, -0.15) is 13.2 Å². The Morgan fingerprint density at radius 1 is 1.38 bits per heavy atom. The van der Waals surface area contributed by atoms with Gasteiger partial charge in [0.2, 0.25) is 5.91 Å². The number of rotatable bonds is 5. The Hall–Kier alpha value is -1.99. The summed E-state index contributed by atoms with van der Waals surface area (Å²) in [4.78, 5) is 13.9. The second-order valence-corrected chi connectivity index (χ2v) is 5.78. The third kappa shape index (κ3) is 4.52. The van der Waals surface area contributed by atoms with E-state index in [2.05, 4.69) is 5.32 Å². The fraction of sp³-hybridized carbons (Fsp3) is 0.312. The Balaban J connectivity index is 2.11. The average Bonchev–Trinajstić information content (AvgIpc) is 3.00. The van der Waals surface area contributed by atoms with E-state index in [1.54, 1.807) is 31.0 Å². The van der Waals surface area contributed by atoms with Gasteiger partial charge in [-0.25, -0.2) is 0 Å². The maximum atomic E-state index is 13.1. The molecule has 1 aromatic heterocycles. The summed E-state index contributed by atoms with van der Waals surface area (Å²) in [5, 5.41) is 2.26. The van der Waals surface area contributed by atoms with Crippen molar-refractivity contribution in [3.63, 3.8) is 0 Å². The average molecular weight is 361 g/mol. The normalized spacial score (nSPS) is 13.1. The van der Waals surface area contributed by atoms with Crippen LogP contribution in [0.25, 0.3) is 0 Å². The van der Waals surface area contributed by atoms with E-state index < -0.39 is 23.7 Å². The molecule has 1 N–H and O–H groups in total. The Labute approximate surface area is 142 Å². The fourth-order valence-electron chi connectivity index (χ4n) is 2.08. The van der Waals surface area contributed by atoms with E-state index in [4.69, 9.17) is 16.0 Å². The summed E-state index contributed by atoms with van der Waals surface area (Å²) in [5.74, 6) is 0.0940. The van der Waals surface area contributed by atoms with Crippen LogP contribution in [0.1, 0.15) is 18.2 Å². The molecule has 1 unspecified atom stereocenters. The summed E-state index contributed by atoms with van der Waals surface area (Å²) in [6, 6.07) is 6.03. The van der Waals surface area contributed by atoms with E-state index in [-0.39, 0.29) is 10.7 Å². The van der Waals surface area contributed by atoms with Crippen molar-refractivity contribution in [1.29, 1.82) is 0 Å². The SMILES string of the molecule is CC(C(=O)Nc1ccc(Cl)cc1C(F)(F)F)N(C)Cc1ccco1. The lowest BCUT2D eigenvalue weighted by molar-refractivity contribution is -0.137. The lowest BCUT2D eigenvalue weighted by atomic mass is 10.1. The maximum Gasteiger partial charge on any atom is 0.418 e. The predicted octanol–water partition coefficient (Wildman–Crippen LogP) is 4.41. The van der Waals surface area contributed by atoms with E-state index in [1.807, 2.05) is 0 Å². The highest BCUT2D eigenvalue weighted by atomic mass is 35.5. The highest BCUT2D eigenvalue weighted by Gasteiger charge is 2.34. The summed E-state index contributed by atoms with van der Waals surface area (Å²) in [6.07, 6.45) is -3.10. The van der Waals surface area contributed by atoms with Gasteiger partial charge in [-0.15, -0.1) is 0 Å². The van der Waals surface area contributed by atoms with Crippen LogP contribution in [0, 0.1) is 0 Å². The maximum absolute atomic E-state index is 13.1. The van der Waals surface area contributed by atoms with Crippen molar-refractivity contribution >= 4 is 23.2 Å². The molecule has 0 bridgehead atoms. The van der Waals surface area contributed by atoms with Gasteiger partial charge < -0.3 is 9.73 Å². The first-order chi connectivity index (χ1) is 11.2. The first-order valence-electron chi connectivity index (χ1n) is 7.08. The summed E-state index contributed by atoms with van der Waals surface area (Å²) in [6.45, 7) is 1.95. The van der Waals surface area contributed by atoms with E-state index in [1.165, 1.54) is 12.3 Å². The van der Waals surface area contributed by atoms with Crippen LogP contribution in [0.4, 0.5) is 18.9 Å². The van der Waals surface area contributed by atoms with E-state index in [0.29, 0.717) is 12.3 Å². The number of nitrogens with one attached hydrogen (secondary N) is 1. The van der Waals surface area contributed by atoms with E-state index in [9.17, 15) is 18.0 Å². The van der Waals surface area contributed by atoms with Crippen LogP contribution < -0.4 is 5.32 Å². The number of carbonyl (C=O) groups is 1. The minimum Gasteiger partial charge on any atom is -0.468 e. The van der Waals surface area contributed by atoms with Crippen molar-refractivity contribution in [3.8, 4) is 0 Å². The van der Waals surface area contributed by atoms with Crippen LogP contribution in [0.3, 0.4) is 0 Å².